The zero-order chi connectivity index (χ0) is 15.1. The minimum absolute atomic E-state index is 0.0993. The van der Waals surface area contributed by atoms with Gasteiger partial charge in [-0.1, -0.05) is 50.1 Å². The second-order valence-electron chi connectivity index (χ2n) is 6.07. The van der Waals surface area contributed by atoms with Gasteiger partial charge in [-0.25, -0.2) is 9.97 Å². The van der Waals surface area contributed by atoms with Crippen LogP contribution in [0.3, 0.4) is 0 Å². The van der Waals surface area contributed by atoms with E-state index in [4.69, 9.17) is 16.6 Å². The van der Waals surface area contributed by atoms with Crippen molar-refractivity contribution in [2.24, 2.45) is 0 Å². The summed E-state index contributed by atoms with van der Waals surface area (Å²) in [5, 5.41) is 0.459. The first-order valence-corrected chi connectivity index (χ1v) is 7.68. The van der Waals surface area contributed by atoms with E-state index in [1.807, 2.05) is 0 Å². The zero-order valence-electron chi connectivity index (χ0n) is 12.4. The topological polar surface area (TPSA) is 25.8 Å². The highest BCUT2D eigenvalue weighted by Gasteiger charge is 2.23. The number of aryl methyl sites for hydroxylation is 2. The molecule has 0 spiro atoms. The Hall–Kier alpha value is -0.930. The van der Waals surface area contributed by atoms with Gasteiger partial charge in [-0.15, -0.1) is 0 Å². The molecule has 0 atom stereocenters. The summed E-state index contributed by atoms with van der Waals surface area (Å²) in [6.45, 7) is 10.5. The first-order chi connectivity index (χ1) is 9.20. The molecule has 106 valence electrons. The molecule has 0 saturated carbocycles. The van der Waals surface area contributed by atoms with Crippen LogP contribution in [-0.2, 0) is 5.41 Å². The molecule has 0 bridgehead atoms. The number of benzene rings is 1. The Balaban J connectivity index is 2.70. The maximum atomic E-state index is 6.27. The van der Waals surface area contributed by atoms with Crippen LogP contribution in [0.25, 0.3) is 11.4 Å². The Morgan fingerprint density at radius 2 is 1.75 bits per heavy atom. The highest BCUT2D eigenvalue weighted by Crippen LogP contribution is 2.34. The third kappa shape index (κ3) is 3.04. The van der Waals surface area contributed by atoms with Crippen LogP contribution in [0.15, 0.2) is 22.7 Å². The molecular weight excluding hydrogens is 336 g/mol. The van der Waals surface area contributed by atoms with E-state index >= 15 is 0 Å². The van der Waals surface area contributed by atoms with Crippen LogP contribution in [0.2, 0.25) is 5.15 Å². The molecule has 0 unspecified atom stereocenters. The number of rotatable bonds is 1. The van der Waals surface area contributed by atoms with Crippen molar-refractivity contribution in [1.82, 2.24) is 9.97 Å². The van der Waals surface area contributed by atoms with Gasteiger partial charge in [-0.05, 0) is 41.4 Å². The fourth-order valence-corrected chi connectivity index (χ4v) is 2.96. The zero-order valence-corrected chi connectivity index (χ0v) is 14.7. The number of hydrogen-bond acceptors (Lipinski definition) is 2. The van der Waals surface area contributed by atoms with Crippen molar-refractivity contribution >= 4 is 27.5 Å². The smallest absolute Gasteiger partial charge is 0.161 e. The van der Waals surface area contributed by atoms with E-state index in [1.165, 1.54) is 5.56 Å². The van der Waals surface area contributed by atoms with E-state index < -0.39 is 0 Å². The minimum Gasteiger partial charge on any atom is -0.231 e. The average molecular weight is 354 g/mol. The highest BCUT2D eigenvalue weighted by atomic mass is 79.9. The van der Waals surface area contributed by atoms with Gasteiger partial charge in [0.2, 0.25) is 0 Å². The molecule has 1 heterocycles. The van der Waals surface area contributed by atoms with Crippen molar-refractivity contribution in [3.05, 3.63) is 44.6 Å². The van der Waals surface area contributed by atoms with Gasteiger partial charge >= 0.3 is 0 Å². The van der Waals surface area contributed by atoms with Gasteiger partial charge in [0.15, 0.2) is 5.82 Å². The number of nitrogens with zero attached hydrogens (tertiary/aromatic N) is 2. The fraction of sp³-hybridized carbons (Fsp3) is 0.375. The van der Waals surface area contributed by atoms with E-state index in [0.717, 1.165) is 21.3 Å². The second-order valence-corrected chi connectivity index (χ2v) is 7.22. The molecule has 2 aromatic rings. The Morgan fingerprint density at radius 1 is 1.10 bits per heavy atom. The molecule has 0 N–H and O–H groups in total. The number of aromatic nitrogens is 2. The third-order valence-electron chi connectivity index (χ3n) is 3.16. The van der Waals surface area contributed by atoms with E-state index in [-0.39, 0.29) is 5.41 Å². The molecular formula is C16H18BrClN2. The van der Waals surface area contributed by atoms with Gasteiger partial charge in [0.25, 0.3) is 0 Å². The standard InChI is InChI=1S/C16H18BrClN2/c1-9-6-7-10(2)11(8-9)15-19-13(16(3,4)5)12(17)14(18)20-15/h6-8H,1-5H3. The van der Waals surface area contributed by atoms with Crippen LogP contribution >= 0.6 is 27.5 Å². The Labute approximate surface area is 133 Å². The van der Waals surface area contributed by atoms with E-state index in [1.54, 1.807) is 0 Å². The highest BCUT2D eigenvalue weighted by molar-refractivity contribution is 9.10. The quantitative estimate of drug-likeness (QED) is 0.635. The molecule has 1 aromatic carbocycles. The van der Waals surface area contributed by atoms with Gasteiger partial charge in [0.05, 0.1) is 10.2 Å². The average Bonchev–Trinajstić information content (AvgIpc) is 2.34. The van der Waals surface area contributed by atoms with Crippen molar-refractivity contribution in [2.75, 3.05) is 0 Å². The van der Waals surface area contributed by atoms with E-state index in [9.17, 15) is 0 Å². The predicted octanol–water partition coefficient (Wildman–Crippen LogP) is 5.47. The first kappa shape index (κ1) is 15.5. The van der Waals surface area contributed by atoms with Crippen LogP contribution < -0.4 is 0 Å². The fourth-order valence-electron chi connectivity index (χ4n) is 2.01. The Morgan fingerprint density at radius 3 is 2.35 bits per heavy atom. The monoisotopic (exact) mass is 352 g/mol. The summed E-state index contributed by atoms with van der Waals surface area (Å²) < 4.78 is 0.778. The van der Waals surface area contributed by atoms with Crippen LogP contribution in [0.4, 0.5) is 0 Å². The van der Waals surface area contributed by atoms with Crippen LogP contribution in [0.5, 0.6) is 0 Å². The predicted molar refractivity (Wildman–Crippen MR) is 88.4 cm³/mol. The second kappa shape index (κ2) is 5.45. The molecule has 0 radical (unpaired) electrons. The lowest BCUT2D eigenvalue weighted by Crippen LogP contribution is -2.16. The summed E-state index contributed by atoms with van der Waals surface area (Å²) in [6.07, 6.45) is 0. The van der Waals surface area contributed by atoms with Crippen molar-refractivity contribution in [2.45, 2.75) is 40.0 Å². The van der Waals surface area contributed by atoms with Gasteiger partial charge in [-0.2, -0.15) is 0 Å². The van der Waals surface area contributed by atoms with E-state index in [0.29, 0.717) is 11.0 Å². The molecule has 4 heteroatoms. The molecule has 0 saturated heterocycles. The molecule has 0 aliphatic heterocycles. The van der Waals surface area contributed by atoms with Crippen molar-refractivity contribution in [1.29, 1.82) is 0 Å². The summed E-state index contributed by atoms with van der Waals surface area (Å²) >= 11 is 9.77. The van der Waals surface area contributed by atoms with Gasteiger partial charge < -0.3 is 0 Å². The first-order valence-electron chi connectivity index (χ1n) is 6.51. The summed E-state index contributed by atoms with van der Waals surface area (Å²) in [4.78, 5) is 9.16. The van der Waals surface area contributed by atoms with E-state index in [2.05, 4.69) is 73.7 Å². The third-order valence-corrected chi connectivity index (χ3v) is 4.41. The molecule has 2 rings (SSSR count). The molecule has 0 fully saturated rings. The van der Waals surface area contributed by atoms with Crippen molar-refractivity contribution in [3.8, 4) is 11.4 Å². The van der Waals surface area contributed by atoms with Gasteiger partial charge in [0, 0.05) is 11.0 Å². The molecule has 0 aliphatic rings. The normalized spacial score (nSPS) is 11.8. The largest absolute Gasteiger partial charge is 0.231 e. The summed E-state index contributed by atoms with van der Waals surface area (Å²) in [5.74, 6) is 0.685. The van der Waals surface area contributed by atoms with Crippen molar-refractivity contribution < 1.29 is 0 Å². The van der Waals surface area contributed by atoms with Gasteiger partial charge in [0.1, 0.15) is 5.15 Å². The van der Waals surface area contributed by atoms with Crippen LogP contribution in [0.1, 0.15) is 37.6 Å². The maximum absolute atomic E-state index is 6.27. The summed E-state index contributed by atoms with van der Waals surface area (Å²) in [7, 11) is 0. The number of halogens is 2. The summed E-state index contributed by atoms with van der Waals surface area (Å²) in [5.41, 5.74) is 4.19. The molecule has 0 amide bonds. The Kier molecular flexibility index (Phi) is 4.22. The molecule has 0 aliphatic carbocycles. The molecule has 1 aromatic heterocycles. The van der Waals surface area contributed by atoms with Gasteiger partial charge in [-0.3, -0.25) is 0 Å². The van der Waals surface area contributed by atoms with Crippen molar-refractivity contribution in [3.63, 3.8) is 0 Å². The minimum atomic E-state index is -0.0993. The lowest BCUT2D eigenvalue weighted by atomic mass is 9.92. The summed E-state index contributed by atoms with van der Waals surface area (Å²) in [6, 6.07) is 6.27. The maximum Gasteiger partial charge on any atom is 0.161 e. The van der Waals surface area contributed by atoms with Crippen LogP contribution in [0, 0.1) is 13.8 Å². The molecule has 20 heavy (non-hydrogen) atoms. The lowest BCUT2D eigenvalue weighted by molar-refractivity contribution is 0.564. The number of hydrogen-bond donors (Lipinski definition) is 0. The lowest BCUT2D eigenvalue weighted by Gasteiger charge is -2.21. The Bertz CT molecular complexity index is 660. The molecule has 2 nitrogen and oxygen atoms in total. The SMILES string of the molecule is Cc1ccc(C)c(-c2nc(Cl)c(Br)c(C(C)(C)C)n2)c1. The van der Waals surface area contributed by atoms with Crippen LogP contribution in [-0.4, -0.2) is 9.97 Å².